The minimum atomic E-state index is -3.45. The highest BCUT2D eigenvalue weighted by Crippen LogP contribution is 2.31. The normalized spacial score (nSPS) is 14.3. The first kappa shape index (κ1) is 16.7. The summed E-state index contributed by atoms with van der Waals surface area (Å²) < 4.78 is 27.3. The summed E-state index contributed by atoms with van der Waals surface area (Å²) in [6.07, 6.45) is 1.56. The lowest BCUT2D eigenvalue weighted by Gasteiger charge is -2.30. The number of fused-ring (bicyclic) bond motifs is 1. The molecule has 2 aromatic carbocycles. The standard InChI is InChI=1S/C19H21NO3S/c1-14-5-7-16(8-6-14)13-24(22,23)20-11-3-4-18-12-17(15(2)21)9-10-19(18)20/h5-10,12H,3-4,11,13H2,1-2H3. The van der Waals surface area contributed by atoms with Gasteiger partial charge in [0.15, 0.2) is 5.78 Å². The molecular weight excluding hydrogens is 322 g/mol. The first-order valence-electron chi connectivity index (χ1n) is 8.07. The Balaban J connectivity index is 1.92. The topological polar surface area (TPSA) is 54.5 Å². The van der Waals surface area contributed by atoms with Gasteiger partial charge in [0.2, 0.25) is 10.0 Å². The Bertz CT molecular complexity index is 870. The molecule has 2 aromatic rings. The summed E-state index contributed by atoms with van der Waals surface area (Å²) >= 11 is 0. The van der Waals surface area contributed by atoms with Gasteiger partial charge in [-0.25, -0.2) is 8.42 Å². The smallest absolute Gasteiger partial charge is 0.239 e. The van der Waals surface area contributed by atoms with Crippen molar-refractivity contribution in [3.8, 4) is 0 Å². The fourth-order valence-electron chi connectivity index (χ4n) is 3.04. The van der Waals surface area contributed by atoms with E-state index >= 15 is 0 Å². The van der Waals surface area contributed by atoms with Gasteiger partial charge in [0.05, 0.1) is 11.4 Å². The molecule has 0 atom stereocenters. The number of sulfonamides is 1. The molecule has 24 heavy (non-hydrogen) atoms. The van der Waals surface area contributed by atoms with Crippen LogP contribution >= 0.6 is 0 Å². The Morgan fingerprint density at radius 2 is 1.83 bits per heavy atom. The molecule has 0 amide bonds. The number of ketones is 1. The van der Waals surface area contributed by atoms with Crippen molar-refractivity contribution in [1.82, 2.24) is 0 Å². The summed E-state index contributed by atoms with van der Waals surface area (Å²) in [6, 6.07) is 12.9. The summed E-state index contributed by atoms with van der Waals surface area (Å²) in [5, 5.41) is 0. The maximum absolute atomic E-state index is 12.9. The minimum Gasteiger partial charge on any atom is -0.295 e. The Kier molecular flexibility index (Phi) is 4.45. The lowest BCUT2D eigenvalue weighted by molar-refractivity contribution is 0.101. The predicted octanol–water partition coefficient (Wildman–Crippen LogP) is 3.48. The van der Waals surface area contributed by atoms with Crippen molar-refractivity contribution in [2.24, 2.45) is 0 Å². The molecule has 0 N–H and O–H groups in total. The molecule has 0 bridgehead atoms. The van der Waals surface area contributed by atoms with E-state index in [-0.39, 0.29) is 11.5 Å². The highest BCUT2D eigenvalue weighted by atomic mass is 32.2. The first-order valence-corrected chi connectivity index (χ1v) is 9.67. The number of nitrogens with zero attached hydrogens (tertiary/aromatic N) is 1. The number of benzene rings is 2. The van der Waals surface area contributed by atoms with Crippen molar-refractivity contribution >= 4 is 21.5 Å². The van der Waals surface area contributed by atoms with E-state index in [2.05, 4.69) is 0 Å². The third kappa shape index (κ3) is 3.36. The zero-order chi connectivity index (χ0) is 17.3. The predicted molar refractivity (Wildman–Crippen MR) is 95.9 cm³/mol. The molecule has 126 valence electrons. The number of rotatable bonds is 4. The molecule has 1 heterocycles. The molecule has 4 nitrogen and oxygen atoms in total. The number of Topliss-reactive ketones (excluding diaryl/α,β-unsaturated/α-hetero) is 1. The van der Waals surface area contributed by atoms with E-state index in [0.717, 1.165) is 29.5 Å². The monoisotopic (exact) mass is 343 g/mol. The Hall–Kier alpha value is -2.14. The first-order chi connectivity index (χ1) is 11.4. The van der Waals surface area contributed by atoms with E-state index in [4.69, 9.17) is 0 Å². The molecule has 0 saturated carbocycles. The van der Waals surface area contributed by atoms with Crippen molar-refractivity contribution in [1.29, 1.82) is 0 Å². The van der Waals surface area contributed by atoms with Gasteiger partial charge >= 0.3 is 0 Å². The van der Waals surface area contributed by atoms with Crippen molar-refractivity contribution in [2.45, 2.75) is 32.4 Å². The van der Waals surface area contributed by atoms with Crippen LogP contribution in [0.5, 0.6) is 0 Å². The maximum Gasteiger partial charge on any atom is 0.239 e. The second-order valence-corrected chi connectivity index (χ2v) is 8.21. The molecule has 3 rings (SSSR count). The van der Waals surface area contributed by atoms with Crippen LogP contribution in [-0.4, -0.2) is 20.7 Å². The minimum absolute atomic E-state index is 0.00237. The van der Waals surface area contributed by atoms with E-state index in [1.54, 1.807) is 12.1 Å². The van der Waals surface area contributed by atoms with Crippen molar-refractivity contribution < 1.29 is 13.2 Å². The number of carbonyl (C=O) groups excluding carboxylic acids is 1. The van der Waals surface area contributed by atoms with Crippen LogP contribution in [0.4, 0.5) is 5.69 Å². The molecule has 0 aliphatic carbocycles. The molecule has 0 saturated heterocycles. The van der Waals surface area contributed by atoms with Crippen LogP contribution in [0.3, 0.4) is 0 Å². The molecule has 0 spiro atoms. The second kappa shape index (κ2) is 6.40. The molecule has 5 heteroatoms. The summed E-state index contributed by atoms with van der Waals surface area (Å²) in [6.45, 7) is 3.99. The van der Waals surface area contributed by atoms with E-state index < -0.39 is 10.0 Å². The second-order valence-electron chi connectivity index (χ2n) is 6.32. The SMILES string of the molecule is CC(=O)c1ccc2c(c1)CCCN2S(=O)(=O)Cc1ccc(C)cc1. The highest BCUT2D eigenvalue weighted by Gasteiger charge is 2.28. The van der Waals surface area contributed by atoms with Gasteiger partial charge in [-0.3, -0.25) is 9.10 Å². The number of carbonyl (C=O) groups is 1. The van der Waals surface area contributed by atoms with Gasteiger partial charge in [-0.15, -0.1) is 0 Å². The molecule has 0 aromatic heterocycles. The van der Waals surface area contributed by atoms with Gasteiger partial charge in [-0.2, -0.15) is 0 Å². The fourth-order valence-corrected chi connectivity index (χ4v) is 4.70. The van der Waals surface area contributed by atoms with Gasteiger partial charge in [0, 0.05) is 12.1 Å². The third-order valence-corrected chi connectivity index (χ3v) is 6.12. The van der Waals surface area contributed by atoms with Crippen molar-refractivity contribution in [3.05, 3.63) is 64.7 Å². The third-order valence-electron chi connectivity index (χ3n) is 4.37. The van der Waals surface area contributed by atoms with Gasteiger partial charge in [0.1, 0.15) is 0 Å². The van der Waals surface area contributed by atoms with Crippen LogP contribution in [-0.2, 0) is 22.2 Å². The zero-order valence-electron chi connectivity index (χ0n) is 14.0. The lowest BCUT2D eigenvalue weighted by atomic mass is 9.99. The van der Waals surface area contributed by atoms with Crippen LogP contribution in [0, 0.1) is 6.92 Å². The van der Waals surface area contributed by atoms with Crippen molar-refractivity contribution in [2.75, 3.05) is 10.8 Å². The van der Waals surface area contributed by atoms with Crippen LogP contribution in [0.2, 0.25) is 0 Å². The van der Waals surface area contributed by atoms with Gasteiger partial charge in [-0.05, 0) is 56.0 Å². The molecule has 1 aliphatic heterocycles. The summed E-state index contributed by atoms with van der Waals surface area (Å²) in [4.78, 5) is 11.5. The number of aryl methyl sites for hydroxylation is 2. The average molecular weight is 343 g/mol. The Morgan fingerprint density at radius 1 is 1.12 bits per heavy atom. The molecule has 0 unspecified atom stereocenters. The lowest BCUT2D eigenvalue weighted by Crippen LogP contribution is -2.36. The highest BCUT2D eigenvalue weighted by molar-refractivity contribution is 7.92. The van der Waals surface area contributed by atoms with E-state index in [1.165, 1.54) is 11.2 Å². The van der Waals surface area contributed by atoms with E-state index in [9.17, 15) is 13.2 Å². The fraction of sp³-hybridized carbons (Fsp3) is 0.316. The molecule has 1 aliphatic rings. The van der Waals surface area contributed by atoms with Crippen LogP contribution in [0.25, 0.3) is 0 Å². The quantitative estimate of drug-likeness (QED) is 0.799. The van der Waals surface area contributed by atoms with Crippen LogP contribution in [0.15, 0.2) is 42.5 Å². The maximum atomic E-state index is 12.9. The molecule has 0 radical (unpaired) electrons. The van der Waals surface area contributed by atoms with Gasteiger partial charge < -0.3 is 0 Å². The van der Waals surface area contributed by atoms with Crippen LogP contribution in [0.1, 0.15) is 40.4 Å². The van der Waals surface area contributed by atoms with E-state index in [1.807, 2.05) is 37.3 Å². The van der Waals surface area contributed by atoms with E-state index in [0.29, 0.717) is 17.8 Å². The number of anilines is 1. The summed E-state index contributed by atoms with van der Waals surface area (Å²) in [5.41, 5.74) is 4.16. The van der Waals surface area contributed by atoms with Crippen LogP contribution < -0.4 is 4.31 Å². The zero-order valence-corrected chi connectivity index (χ0v) is 14.8. The van der Waals surface area contributed by atoms with Crippen molar-refractivity contribution in [3.63, 3.8) is 0 Å². The molecular formula is C19H21NO3S. The van der Waals surface area contributed by atoms with Gasteiger partial charge in [-0.1, -0.05) is 29.8 Å². The average Bonchev–Trinajstić information content (AvgIpc) is 2.55. The number of hydrogen-bond donors (Lipinski definition) is 0. The largest absolute Gasteiger partial charge is 0.295 e. The summed E-state index contributed by atoms with van der Waals surface area (Å²) in [5.74, 6) is -0.0151. The molecule has 0 fully saturated rings. The summed E-state index contributed by atoms with van der Waals surface area (Å²) in [7, 11) is -3.45. The Labute approximate surface area is 143 Å². The van der Waals surface area contributed by atoms with Gasteiger partial charge in [0.25, 0.3) is 0 Å². The Morgan fingerprint density at radius 3 is 2.50 bits per heavy atom. The number of hydrogen-bond acceptors (Lipinski definition) is 3.